The van der Waals surface area contributed by atoms with Crippen LogP contribution < -0.4 is 30.2 Å². The maximum absolute atomic E-state index is 14.8. The molecule has 0 saturated carbocycles. The highest BCUT2D eigenvalue weighted by atomic mass is 16.5. The minimum atomic E-state index is -1.44. The average molecular weight is 1240 g/mol. The van der Waals surface area contributed by atoms with E-state index in [0.29, 0.717) is 47.6 Å². The lowest BCUT2D eigenvalue weighted by Crippen LogP contribution is -2.60. The Morgan fingerprint density at radius 2 is 1.36 bits per heavy atom. The van der Waals surface area contributed by atoms with Gasteiger partial charge in [-0.25, -0.2) is 9.59 Å². The monoisotopic (exact) mass is 1240 g/mol. The summed E-state index contributed by atoms with van der Waals surface area (Å²) in [5.74, 6) is -5.12. The number of nitrogens with zero attached hydrogens (tertiary/aromatic N) is 4. The Morgan fingerprint density at radius 3 is 1.98 bits per heavy atom. The third kappa shape index (κ3) is 20.0. The molecular formula is C68H83N7O15. The number of Topliss-reactive ketones (excluding diaryl/α,β-unsaturated/α-hetero) is 1. The Morgan fingerprint density at radius 1 is 0.744 bits per heavy atom. The largest absolute Gasteiger partial charge is 0.508 e. The van der Waals surface area contributed by atoms with E-state index in [4.69, 9.17) is 23.7 Å². The number of piperazine rings is 1. The van der Waals surface area contributed by atoms with E-state index in [-0.39, 0.29) is 62.7 Å². The summed E-state index contributed by atoms with van der Waals surface area (Å²) in [5, 5.41) is 19.0. The molecule has 5 aromatic rings. The summed E-state index contributed by atoms with van der Waals surface area (Å²) in [6.45, 7) is 7.49. The quantitative estimate of drug-likeness (QED) is 0.0251. The second kappa shape index (κ2) is 33.7. The summed E-state index contributed by atoms with van der Waals surface area (Å²) < 4.78 is 28.5. The molecule has 1 heterocycles. The zero-order valence-corrected chi connectivity index (χ0v) is 52.4. The van der Waals surface area contributed by atoms with Crippen LogP contribution in [0.25, 0.3) is 0 Å². The van der Waals surface area contributed by atoms with E-state index in [1.807, 2.05) is 43.3 Å². The van der Waals surface area contributed by atoms with Crippen molar-refractivity contribution < 1.29 is 71.9 Å². The predicted molar refractivity (Wildman–Crippen MR) is 335 cm³/mol. The Hall–Kier alpha value is -9.57. The summed E-state index contributed by atoms with van der Waals surface area (Å²) in [5.41, 5.74) is 1.90. The van der Waals surface area contributed by atoms with Gasteiger partial charge in [0.2, 0.25) is 29.4 Å². The van der Waals surface area contributed by atoms with Gasteiger partial charge in [0.1, 0.15) is 48.4 Å². The number of phenolic OH excluding ortho intramolecular Hbond substituents is 1. The molecule has 5 aromatic carbocycles. The highest BCUT2D eigenvalue weighted by Crippen LogP contribution is 2.32. The molecule has 5 atom stereocenters. The molecular weight excluding hydrogens is 1150 g/mol. The van der Waals surface area contributed by atoms with Crippen molar-refractivity contribution in [2.45, 2.75) is 89.6 Å². The fourth-order valence-electron chi connectivity index (χ4n) is 10.2. The second-order valence-corrected chi connectivity index (χ2v) is 22.7. The van der Waals surface area contributed by atoms with Gasteiger partial charge in [0.25, 0.3) is 11.8 Å². The molecule has 1 aliphatic rings. The first kappa shape index (κ1) is 69.5. The third-order valence-corrected chi connectivity index (χ3v) is 15.4. The SMILES string of the molecule is C=CC(=O)OCC(C)(C)C(=O)C(=O)N1CCNC[C@H]1C(=O)O[C@H](CCc1ccc(OC)c(OC)c1)c1cccc(OCC(=O)N(C)[C@@H](Cc2ccc(O)cc2)C(=O)N[C@H](Cc2ccccc2)C(=O)N(C)CC(=O)N[C@H](Cc2ccccc2)C(=O)N(C)CCC)c1. The van der Waals surface area contributed by atoms with Gasteiger partial charge in [0.05, 0.1) is 26.2 Å². The van der Waals surface area contributed by atoms with Crippen LogP contribution in [0.3, 0.4) is 0 Å². The van der Waals surface area contributed by atoms with E-state index in [2.05, 4.69) is 22.5 Å². The Kier molecular flexibility index (Phi) is 26.0. The number of aromatic hydroxyl groups is 1. The van der Waals surface area contributed by atoms with E-state index < -0.39 is 103 Å². The van der Waals surface area contributed by atoms with Crippen molar-refractivity contribution in [2.75, 3.05) is 81.3 Å². The summed E-state index contributed by atoms with van der Waals surface area (Å²) in [6, 6.07) is 31.6. The standard InChI is InChI=1S/C68H83N7O15/c1-10-34-72(5)64(82)52(36-45-19-14-12-15-20-45)70-59(77)42-73(6)65(83)53(37-46-21-16-13-17-22-46)71-63(81)54(38-47-25-29-50(76)30-26-47)74(7)60(78)43-88-51-24-18-23-49(40-51)56(31-27-48-28-32-57(86-8)58(39-48)87-9)90-67(85)55-41-69-33-35-75(55)66(84)62(80)68(3,4)44-89-61(79)11-2/h11-26,28-30,32,39-40,52-56,69,76H,2,10,27,31,33-38,41-44H2,1,3-9H3,(H,70,77)(H,71,81)/t52-,53-,54+,55+,56-/m1/s1. The molecule has 480 valence electrons. The molecule has 6 amide bonds. The van der Waals surface area contributed by atoms with Crippen LogP contribution in [0, 0.1) is 5.41 Å². The lowest BCUT2D eigenvalue weighted by Gasteiger charge is -2.36. The predicted octanol–water partition coefficient (Wildman–Crippen LogP) is 4.98. The van der Waals surface area contributed by atoms with Crippen LogP contribution in [-0.2, 0) is 78.3 Å². The van der Waals surface area contributed by atoms with Crippen molar-refractivity contribution in [3.8, 4) is 23.0 Å². The fraction of sp³-hybridized carbons (Fsp3) is 0.397. The van der Waals surface area contributed by atoms with Crippen molar-refractivity contribution in [3.05, 3.63) is 168 Å². The van der Waals surface area contributed by atoms with Gasteiger partial charge in [-0.1, -0.05) is 104 Å². The number of amides is 6. The van der Waals surface area contributed by atoms with Crippen molar-refractivity contribution in [2.24, 2.45) is 5.41 Å². The molecule has 22 heteroatoms. The first-order valence-corrected chi connectivity index (χ1v) is 29.8. The van der Waals surface area contributed by atoms with E-state index in [9.17, 15) is 48.3 Å². The molecule has 0 aliphatic carbocycles. The van der Waals surface area contributed by atoms with Crippen molar-refractivity contribution in [1.82, 2.24) is 35.6 Å². The minimum absolute atomic E-state index is 0.00445. The zero-order chi connectivity index (χ0) is 65.5. The van der Waals surface area contributed by atoms with Crippen molar-refractivity contribution in [3.63, 3.8) is 0 Å². The van der Waals surface area contributed by atoms with Crippen LogP contribution >= 0.6 is 0 Å². The number of ether oxygens (including phenoxy) is 5. The van der Waals surface area contributed by atoms with Gasteiger partial charge in [0, 0.05) is 72.7 Å². The lowest BCUT2D eigenvalue weighted by molar-refractivity contribution is -0.164. The molecule has 1 saturated heterocycles. The van der Waals surface area contributed by atoms with Crippen LogP contribution in [-0.4, -0.2) is 183 Å². The molecule has 0 aromatic heterocycles. The molecule has 22 nitrogen and oxygen atoms in total. The van der Waals surface area contributed by atoms with E-state index >= 15 is 0 Å². The Bertz CT molecular complexity index is 3290. The van der Waals surface area contributed by atoms with Crippen LogP contribution in [0.5, 0.6) is 23.0 Å². The molecule has 6 rings (SSSR count). The summed E-state index contributed by atoms with van der Waals surface area (Å²) in [7, 11) is 7.55. The van der Waals surface area contributed by atoms with Gasteiger partial charge in [0.15, 0.2) is 18.1 Å². The Labute approximate surface area is 525 Å². The van der Waals surface area contributed by atoms with Crippen LogP contribution in [0.1, 0.15) is 67.5 Å². The van der Waals surface area contributed by atoms with Crippen molar-refractivity contribution >= 4 is 53.2 Å². The van der Waals surface area contributed by atoms with Gasteiger partial charge >= 0.3 is 11.9 Å². The van der Waals surface area contributed by atoms with Crippen molar-refractivity contribution in [1.29, 1.82) is 0 Å². The van der Waals surface area contributed by atoms with Crippen LogP contribution in [0.2, 0.25) is 0 Å². The molecule has 0 radical (unpaired) electrons. The maximum Gasteiger partial charge on any atom is 0.330 e. The number of methoxy groups -OCH3 is 2. The zero-order valence-electron chi connectivity index (χ0n) is 52.4. The van der Waals surface area contributed by atoms with E-state index in [0.717, 1.165) is 22.1 Å². The molecule has 0 bridgehead atoms. The van der Waals surface area contributed by atoms with Gasteiger partial charge in [-0.2, -0.15) is 0 Å². The number of ketones is 1. The summed E-state index contributed by atoms with van der Waals surface area (Å²) >= 11 is 0. The smallest absolute Gasteiger partial charge is 0.330 e. The highest BCUT2D eigenvalue weighted by Gasteiger charge is 2.43. The number of hydrogen-bond donors (Lipinski definition) is 4. The number of rotatable bonds is 32. The van der Waals surface area contributed by atoms with E-state index in [1.165, 1.54) is 64.1 Å². The number of carbonyl (C=O) groups excluding carboxylic acids is 9. The third-order valence-electron chi connectivity index (χ3n) is 15.4. The Balaban J connectivity index is 1.22. The number of carbonyl (C=O) groups is 9. The number of nitrogens with one attached hydrogen (secondary N) is 3. The average Bonchev–Trinajstić information content (AvgIpc) is 1.33. The normalized spacial score (nSPS) is 14.2. The van der Waals surface area contributed by atoms with Gasteiger partial charge < -0.3 is 64.3 Å². The number of likely N-dealkylation sites (N-methyl/N-ethyl adjacent to an activating group) is 3. The first-order chi connectivity index (χ1) is 43.0. The molecule has 0 unspecified atom stereocenters. The topological polar surface area (TPSA) is 269 Å². The summed E-state index contributed by atoms with van der Waals surface area (Å²) in [6.07, 6.45) is 1.35. The fourth-order valence-corrected chi connectivity index (χ4v) is 10.2. The molecule has 1 fully saturated rings. The van der Waals surface area contributed by atoms with E-state index in [1.54, 1.807) is 90.8 Å². The maximum atomic E-state index is 14.8. The van der Waals surface area contributed by atoms with Gasteiger partial charge in [-0.15, -0.1) is 0 Å². The first-order valence-electron chi connectivity index (χ1n) is 29.8. The number of aryl methyl sites for hydroxylation is 1. The number of benzene rings is 5. The summed E-state index contributed by atoms with van der Waals surface area (Å²) in [4.78, 5) is 130. The highest BCUT2D eigenvalue weighted by molar-refractivity contribution is 6.38. The molecule has 4 N–H and O–H groups in total. The van der Waals surface area contributed by atoms with Crippen LogP contribution in [0.15, 0.2) is 140 Å². The molecule has 0 spiro atoms. The number of hydrogen-bond acceptors (Lipinski definition) is 16. The van der Waals surface area contributed by atoms with Gasteiger partial charge in [-0.05, 0) is 97.3 Å². The second-order valence-electron chi connectivity index (χ2n) is 22.7. The van der Waals surface area contributed by atoms with Crippen LogP contribution in [0.4, 0.5) is 0 Å². The number of esters is 2. The number of phenols is 1. The lowest BCUT2D eigenvalue weighted by atomic mass is 9.88. The minimum Gasteiger partial charge on any atom is -0.508 e. The molecule has 90 heavy (non-hydrogen) atoms. The molecule has 1 aliphatic heterocycles. The van der Waals surface area contributed by atoms with Gasteiger partial charge in [-0.3, -0.25) is 33.6 Å².